The number of rotatable bonds is 10. The van der Waals surface area contributed by atoms with Gasteiger partial charge in [-0.1, -0.05) is 6.42 Å². The monoisotopic (exact) mass is 310 g/mol. The smallest absolute Gasteiger partial charge is 0.173 e. The first-order valence-corrected chi connectivity index (χ1v) is 15.3. The predicted molar refractivity (Wildman–Crippen MR) is 86.4 cm³/mol. The van der Waals surface area contributed by atoms with Gasteiger partial charge in [-0.2, -0.15) is 0 Å². The van der Waals surface area contributed by atoms with Crippen molar-refractivity contribution in [3.63, 3.8) is 0 Å². The Morgan fingerprint density at radius 1 is 1.06 bits per heavy atom. The molecule has 0 atom stereocenters. The first kappa shape index (κ1) is 17.7. The van der Waals surface area contributed by atoms with Crippen LogP contribution in [0.5, 0.6) is 0 Å². The van der Waals surface area contributed by atoms with Gasteiger partial charge in [0.05, 0.1) is 0 Å². The third-order valence-corrected chi connectivity index (χ3v) is 15.4. The Bertz CT molecular complexity index is 200. The topological polar surface area (TPSA) is 38.7 Å². The lowest BCUT2D eigenvalue weighted by Gasteiger charge is -2.24. The van der Waals surface area contributed by atoms with Gasteiger partial charge in [-0.25, -0.2) is 0 Å². The van der Waals surface area contributed by atoms with Crippen LogP contribution in [0.15, 0.2) is 0 Å². The van der Waals surface area contributed by atoms with Crippen LogP contribution in [0.1, 0.15) is 12.8 Å². The van der Waals surface area contributed by atoms with Crippen LogP contribution < -0.4 is 0 Å². The van der Waals surface area contributed by atoms with E-state index in [1.807, 2.05) is 0 Å². The molecule has 0 aromatic carbocycles. The van der Waals surface area contributed by atoms with Crippen molar-refractivity contribution in [1.29, 1.82) is 0 Å². The van der Waals surface area contributed by atoms with E-state index in [9.17, 15) is 0 Å². The first-order valence-electron chi connectivity index (χ1n) is 6.63. The van der Waals surface area contributed by atoms with Crippen molar-refractivity contribution in [3.05, 3.63) is 0 Å². The largest absolute Gasteiger partial charge is 0.463 e. The molecule has 0 rings (SSSR count). The van der Waals surface area contributed by atoms with E-state index in [2.05, 4.69) is 26.2 Å². The molecule has 17 heavy (non-hydrogen) atoms. The average Bonchev–Trinajstić information content (AvgIpc) is 2.26. The summed E-state index contributed by atoms with van der Waals surface area (Å²) >= 11 is 0. The molecule has 1 N–H and O–H groups in total. The van der Waals surface area contributed by atoms with Crippen LogP contribution in [-0.2, 0) is 8.23 Å². The fraction of sp³-hybridized carbons (Fsp3) is 1.00. The Morgan fingerprint density at radius 3 is 2.18 bits per heavy atom. The van der Waals surface area contributed by atoms with E-state index in [1.165, 1.54) is 18.5 Å². The fourth-order valence-corrected chi connectivity index (χ4v) is 8.93. The van der Waals surface area contributed by atoms with E-state index in [0.717, 1.165) is 23.0 Å². The summed E-state index contributed by atoms with van der Waals surface area (Å²) in [5.41, 5.74) is 0. The summed E-state index contributed by atoms with van der Waals surface area (Å²) < 4.78 is 11.8. The van der Waals surface area contributed by atoms with Gasteiger partial charge < -0.3 is 13.3 Å². The highest BCUT2D eigenvalue weighted by Gasteiger charge is 2.22. The molecule has 0 spiro atoms. The zero-order valence-corrected chi connectivity index (χ0v) is 17.6. The summed E-state index contributed by atoms with van der Waals surface area (Å²) in [6, 6.07) is 3.67. The highest BCUT2D eigenvalue weighted by molar-refractivity contribution is 6.75. The number of hydrogen-bond donors (Lipinski definition) is 1. The van der Waals surface area contributed by atoms with Gasteiger partial charge in [0, 0.05) is 6.61 Å². The van der Waals surface area contributed by atoms with Gasteiger partial charge in [-0.05, 0) is 50.7 Å². The van der Waals surface area contributed by atoms with Gasteiger partial charge in [-0.15, -0.1) is 0 Å². The lowest BCUT2D eigenvalue weighted by Crippen LogP contribution is -2.32. The maximum atomic E-state index is 8.83. The molecule has 104 valence electrons. The molecule has 0 aliphatic rings. The lowest BCUT2D eigenvalue weighted by atomic mass is 10.5. The third-order valence-electron chi connectivity index (χ3n) is 3.16. The van der Waals surface area contributed by atoms with Gasteiger partial charge in [0.15, 0.2) is 16.6 Å². The Kier molecular flexibility index (Phi) is 9.17. The number of aliphatic hydroxyl groups is 1. The fourth-order valence-electron chi connectivity index (χ4n) is 1.68. The average molecular weight is 311 g/mol. The highest BCUT2D eigenvalue weighted by Crippen LogP contribution is 2.16. The van der Waals surface area contributed by atoms with E-state index < -0.39 is 16.6 Å². The summed E-state index contributed by atoms with van der Waals surface area (Å²) in [5.74, 6) is 0. The summed E-state index contributed by atoms with van der Waals surface area (Å²) in [7, 11) is -2.18. The van der Waals surface area contributed by atoms with Gasteiger partial charge >= 0.3 is 0 Å². The SMILES string of the molecule is C[Si](C)(CCC[SiH2]O[Si](C)(C)CCCO)O[SiH3]. The Balaban J connectivity index is 3.57. The molecule has 0 radical (unpaired) electrons. The molecule has 0 heterocycles. The van der Waals surface area contributed by atoms with Crippen LogP contribution in [-0.4, -0.2) is 48.6 Å². The van der Waals surface area contributed by atoms with Crippen LogP contribution in [0, 0.1) is 0 Å². The van der Waals surface area contributed by atoms with Crippen molar-refractivity contribution < 1.29 is 13.3 Å². The second kappa shape index (κ2) is 8.78. The minimum absolute atomic E-state index is 0.304. The molecule has 0 aromatic rings. The Labute approximate surface area is 114 Å². The number of aliphatic hydroxyl groups excluding tert-OH is 1. The first-order chi connectivity index (χ1) is 7.83. The predicted octanol–water partition coefficient (Wildman–Crippen LogP) is 0.985. The molecule has 0 saturated carbocycles. The standard InChI is InChI=1S/C10H30O3Si4/c1-16(2,12-14)10-6-8-15-13-17(3,4)9-5-7-11/h11H,5-10,15H2,1-4,14H3. The molecule has 0 aromatic heterocycles. The van der Waals surface area contributed by atoms with E-state index in [-0.39, 0.29) is 9.76 Å². The maximum absolute atomic E-state index is 8.83. The van der Waals surface area contributed by atoms with E-state index >= 15 is 0 Å². The lowest BCUT2D eigenvalue weighted by molar-refractivity contribution is 0.293. The van der Waals surface area contributed by atoms with E-state index in [0.29, 0.717) is 6.61 Å². The molecule has 0 saturated heterocycles. The second-order valence-electron chi connectivity index (χ2n) is 5.86. The summed E-state index contributed by atoms with van der Waals surface area (Å²) in [4.78, 5) is 0. The minimum atomic E-state index is -1.44. The van der Waals surface area contributed by atoms with Crippen LogP contribution in [0.25, 0.3) is 0 Å². The molecule has 0 unspecified atom stereocenters. The van der Waals surface area contributed by atoms with Crippen LogP contribution in [0.2, 0.25) is 44.3 Å². The van der Waals surface area contributed by atoms with Crippen molar-refractivity contribution in [2.45, 2.75) is 57.2 Å². The zero-order chi connectivity index (χ0) is 13.4. The van der Waals surface area contributed by atoms with Gasteiger partial charge in [0.25, 0.3) is 0 Å². The van der Waals surface area contributed by atoms with Crippen LogP contribution in [0.4, 0.5) is 0 Å². The molecule has 7 heteroatoms. The van der Waals surface area contributed by atoms with Crippen LogP contribution in [0.3, 0.4) is 0 Å². The van der Waals surface area contributed by atoms with Crippen LogP contribution >= 0.6 is 0 Å². The van der Waals surface area contributed by atoms with Crippen molar-refractivity contribution >= 4 is 36.9 Å². The molecule has 0 aliphatic heterocycles. The summed E-state index contributed by atoms with van der Waals surface area (Å²) in [6.45, 7) is 9.47. The van der Waals surface area contributed by atoms with Crippen molar-refractivity contribution in [3.8, 4) is 0 Å². The van der Waals surface area contributed by atoms with Crippen molar-refractivity contribution in [2.24, 2.45) is 0 Å². The molecule has 0 bridgehead atoms. The molecule has 0 aliphatic carbocycles. The second-order valence-corrected chi connectivity index (χ2v) is 17.8. The summed E-state index contributed by atoms with van der Waals surface area (Å²) in [5, 5.41) is 8.83. The Hall–Kier alpha value is 0.748. The normalized spacial score (nSPS) is 13.9. The molecule has 0 amide bonds. The maximum Gasteiger partial charge on any atom is 0.173 e. The zero-order valence-electron chi connectivity index (χ0n) is 12.2. The molecular formula is C10H30O3Si4. The van der Waals surface area contributed by atoms with Gasteiger partial charge in [-0.3, -0.25) is 0 Å². The van der Waals surface area contributed by atoms with Crippen molar-refractivity contribution in [2.75, 3.05) is 6.61 Å². The highest BCUT2D eigenvalue weighted by atomic mass is 28.4. The van der Waals surface area contributed by atoms with Crippen molar-refractivity contribution in [1.82, 2.24) is 0 Å². The Morgan fingerprint density at radius 2 is 1.65 bits per heavy atom. The number of hydrogen-bond acceptors (Lipinski definition) is 3. The minimum Gasteiger partial charge on any atom is -0.463 e. The molecule has 3 nitrogen and oxygen atoms in total. The molecule has 0 fully saturated rings. The van der Waals surface area contributed by atoms with E-state index in [1.54, 1.807) is 0 Å². The van der Waals surface area contributed by atoms with E-state index in [4.69, 9.17) is 13.3 Å². The van der Waals surface area contributed by atoms with Gasteiger partial charge in [0.2, 0.25) is 0 Å². The summed E-state index contributed by atoms with van der Waals surface area (Å²) in [6.07, 6.45) is 2.19. The quantitative estimate of drug-likeness (QED) is 0.483. The van der Waals surface area contributed by atoms with Gasteiger partial charge in [0.1, 0.15) is 20.2 Å². The third kappa shape index (κ3) is 10.4. The molecular weight excluding hydrogens is 280 g/mol.